The van der Waals surface area contributed by atoms with Crippen molar-refractivity contribution < 1.29 is 56.1 Å². The largest absolute Gasteiger partial charge is 0.462 e. The summed E-state index contributed by atoms with van der Waals surface area (Å²) in [4.78, 5) is 80.6. The van der Waals surface area contributed by atoms with Gasteiger partial charge in [-0.25, -0.2) is 18.9 Å². The molecule has 2 aliphatic heterocycles. The normalized spacial score (nSPS) is 21.9. The highest BCUT2D eigenvalue weighted by Crippen LogP contribution is 2.46. The highest BCUT2D eigenvalue weighted by atomic mass is 31.2. The van der Waals surface area contributed by atoms with Crippen molar-refractivity contribution in [1.29, 1.82) is 0 Å². The number of carbonyl (C=O) groups excluding carboxylic acids is 4. The Kier molecular flexibility index (Phi) is 14.6. The summed E-state index contributed by atoms with van der Waals surface area (Å²) in [6, 6.07) is 4.62. The van der Waals surface area contributed by atoms with Crippen LogP contribution in [0.4, 0.5) is 9.18 Å². The molecule has 3 heterocycles. The molecule has 1 aromatic carbocycles. The molecule has 0 saturated carbocycles. The molecule has 2 saturated heterocycles. The zero-order valence-corrected chi connectivity index (χ0v) is 33.5. The SMILES string of the molecule is CC(C)OC(=O)[C@H](C)N[P@](=O)(OC[C@H]1O[C@@H](n2cc(F)c(=O)[nH]c2=O)C[C@@H]1OC(=O)[C@@H]1CCCN1C(=O)[C@@H](NC(=O)OC(C)(C)C)C(C)C)Oc1ccccc1. The summed E-state index contributed by atoms with van der Waals surface area (Å²) in [7, 11) is -4.46. The number of para-hydroxylation sites is 1. The minimum atomic E-state index is -4.46. The van der Waals surface area contributed by atoms with E-state index in [0.29, 0.717) is 12.6 Å². The van der Waals surface area contributed by atoms with Gasteiger partial charge in [0.05, 0.1) is 18.9 Å². The van der Waals surface area contributed by atoms with E-state index < -0.39 is 104 Å². The monoisotopic (exact) mass is 811 g/mol. The maximum atomic E-state index is 14.4. The quantitative estimate of drug-likeness (QED) is 0.133. The number of benzene rings is 1. The van der Waals surface area contributed by atoms with Crippen molar-refractivity contribution in [2.75, 3.05) is 13.2 Å². The van der Waals surface area contributed by atoms with Crippen LogP contribution in [0.1, 0.15) is 80.9 Å². The summed E-state index contributed by atoms with van der Waals surface area (Å²) in [6.45, 7) is 12.7. The third-order valence-corrected chi connectivity index (χ3v) is 10.2. The summed E-state index contributed by atoms with van der Waals surface area (Å²) in [5, 5.41) is 5.15. The number of hydrogen-bond donors (Lipinski definition) is 3. The van der Waals surface area contributed by atoms with Crippen LogP contribution in [0.5, 0.6) is 5.75 Å². The Hall–Kier alpha value is -4.58. The number of amides is 2. The third kappa shape index (κ3) is 12.0. The Bertz CT molecular complexity index is 1880. The van der Waals surface area contributed by atoms with Gasteiger partial charge in [0, 0.05) is 13.0 Å². The van der Waals surface area contributed by atoms with E-state index >= 15 is 0 Å². The van der Waals surface area contributed by atoms with Crippen molar-refractivity contribution in [3.8, 4) is 5.75 Å². The van der Waals surface area contributed by atoms with Gasteiger partial charge in [-0.05, 0) is 72.4 Å². The van der Waals surface area contributed by atoms with Gasteiger partial charge in [-0.2, -0.15) is 9.48 Å². The van der Waals surface area contributed by atoms with Crippen molar-refractivity contribution in [2.24, 2.45) is 5.92 Å². The second-order valence-corrected chi connectivity index (χ2v) is 16.8. The predicted molar refractivity (Wildman–Crippen MR) is 197 cm³/mol. The summed E-state index contributed by atoms with van der Waals surface area (Å²) >= 11 is 0. The molecule has 2 aromatic rings. The zero-order chi connectivity index (χ0) is 41.5. The molecule has 20 heteroatoms. The Balaban J connectivity index is 1.59. The molecular formula is C36H51FN5O13P. The van der Waals surface area contributed by atoms with E-state index in [1.807, 2.05) is 4.98 Å². The Morgan fingerprint density at radius 3 is 2.38 bits per heavy atom. The first-order valence-electron chi connectivity index (χ1n) is 18.3. The van der Waals surface area contributed by atoms with Crippen LogP contribution in [-0.2, 0) is 42.4 Å². The number of hydrogen-bond acceptors (Lipinski definition) is 13. The number of alkyl carbamates (subject to hydrolysis) is 1. The van der Waals surface area contributed by atoms with E-state index in [1.54, 1.807) is 66.7 Å². The summed E-state index contributed by atoms with van der Waals surface area (Å²) in [6.07, 6.45) is -4.10. The van der Waals surface area contributed by atoms with Gasteiger partial charge < -0.3 is 33.7 Å². The number of nitrogens with one attached hydrogen (secondary N) is 3. The van der Waals surface area contributed by atoms with Crippen molar-refractivity contribution in [3.05, 3.63) is 63.2 Å². The molecular weight excluding hydrogens is 760 g/mol. The molecule has 2 fully saturated rings. The first-order chi connectivity index (χ1) is 26.2. The maximum Gasteiger partial charge on any atom is 0.459 e. The van der Waals surface area contributed by atoms with E-state index in [-0.39, 0.29) is 31.1 Å². The average Bonchev–Trinajstić information content (AvgIpc) is 3.74. The molecule has 3 N–H and O–H groups in total. The third-order valence-electron chi connectivity index (χ3n) is 8.53. The molecule has 7 atom stereocenters. The highest BCUT2D eigenvalue weighted by molar-refractivity contribution is 7.52. The Labute approximate surface area is 323 Å². The molecule has 56 heavy (non-hydrogen) atoms. The lowest BCUT2D eigenvalue weighted by Gasteiger charge is -2.31. The van der Waals surface area contributed by atoms with E-state index in [9.17, 15) is 37.7 Å². The molecule has 0 radical (unpaired) electrons. The van der Waals surface area contributed by atoms with Gasteiger partial charge >= 0.3 is 31.5 Å². The molecule has 4 rings (SSSR count). The first-order valence-corrected chi connectivity index (χ1v) is 19.8. The van der Waals surface area contributed by atoms with Crippen LogP contribution in [0.3, 0.4) is 0 Å². The fourth-order valence-electron chi connectivity index (χ4n) is 5.96. The Morgan fingerprint density at radius 1 is 1.07 bits per heavy atom. The smallest absolute Gasteiger partial charge is 0.459 e. The summed E-state index contributed by atoms with van der Waals surface area (Å²) < 4.78 is 63.3. The first kappa shape index (κ1) is 44.1. The molecule has 2 aliphatic rings. The second-order valence-electron chi connectivity index (χ2n) is 15.1. The van der Waals surface area contributed by atoms with Gasteiger partial charge in [0.1, 0.15) is 47.9 Å². The average molecular weight is 812 g/mol. The number of esters is 2. The minimum Gasteiger partial charge on any atom is -0.462 e. The van der Waals surface area contributed by atoms with Gasteiger partial charge in [0.25, 0.3) is 5.56 Å². The molecule has 1 aromatic heterocycles. The molecule has 0 aliphatic carbocycles. The molecule has 0 unspecified atom stereocenters. The number of nitrogens with zero attached hydrogens (tertiary/aromatic N) is 2. The second kappa shape index (κ2) is 18.6. The number of likely N-dealkylation sites (tertiary alicyclic amines) is 1. The summed E-state index contributed by atoms with van der Waals surface area (Å²) in [5.41, 5.74) is -3.10. The number of aromatic nitrogens is 2. The number of ether oxygens (including phenoxy) is 4. The fraction of sp³-hybridized carbons (Fsp3) is 0.611. The van der Waals surface area contributed by atoms with Crippen LogP contribution >= 0.6 is 7.75 Å². The number of halogens is 1. The lowest BCUT2D eigenvalue weighted by Crippen LogP contribution is -2.55. The highest BCUT2D eigenvalue weighted by Gasteiger charge is 2.46. The van der Waals surface area contributed by atoms with Crippen LogP contribution in [0.25, 0.3) is 0 Å². The predicted octanol–water partition coefficient (Wildman–Crippen LogP) is 3.55. The Morgan fingerprint density at radius 2 is 1.75 bits per heavy atom. The lowest BCUT2D eigenvalue weighted by molar-refractivity contribution is -0.161. The standard InChI is InChI=1S/C36H51FN5O13P/c1-20(2)29(38-35(48)54-36(6,7)8)31(44)41-16-12-15-25(41)33(46)53-26-17-28(42-18-24(37)30(43)39-34(42)47)52-27(26)19-50-56(49,55-23-13-10-9-11-14-23)40-22(5)32(45)51-21(3)4/h9-11,13-14,18,20-22,25-29H,12,15-17,19H2,1-8H3,(H,38,48)(H,40,49)(H,39,43,47)/t22-,25-,26-,27+,28+,29-,56-/m0/s1. The zero-order valence-electron chi connectivity index (χ0n) is 32.6. The van der Waals surface area contributed by atoms with Gasteiger partial charge in [-0.15, -0.1) is 0 Å². The van der Waals surface area contributed by atoms with Crippen LogP contribution in [0.15, 0.2) is 46.1 Å². The van der Waals surface area contributed by atoms with Crippen molar-refractivity contribution in [3.63, 3.8) is 0 Å². The van der Waals surface area contributed by atoms with E-state index in [0.717, 1.165) is 4.57 Å². The van der Waals surface area contributed by atoms with E-state index in [4.69, 9.17) is 28.0 Å². The molecule has 0 spiro atoms. The van der Waals surface area contributed by atoms with Crippen LogP contribution in [0.2, 0.25) is 0 Å². The molecule has 18 nitrogen and oxygen atoms in total. The van der Waals surface area contributed by atoms with Crippen molar-refractivity contribution in [1.82, 2.24) is 24.9 Å². The molecule has 310 valence electrons. The fourth-order valence-corrected chi connectivity index (χ4v) is 7.46. The maximum absolute atomic E-state index is 14.4. The van der Waals surface area contributed by atoms with Gasteiger partial charge in [0.15, 0.2) is 0 Å². The van der Waals surface area contributed by atoms with Gasteiger partial charge in [-0.3, -0.25) is 28.5 Å². The van der Waals surface area contributed by atoms with E-state index in [1.165, 1.54) is 24.0 Å². The van der Waals surface area contributed by atoms with Crippen LogP contribution in [-0.4, -0.2) is 93.6 Å². The lowest BCUT2D eigenvalue weighted by atomic mass is 10.0. The van der Waals surface area contributed by atoms with Crippen LogP contribution in [0, 0.1) is 11.7 Å². The number of rotatable bonds is 15. The van der Waals surface area contributed by atoms with Crippen LogP contribution < -0.4 is 26.2 Å². The topological polar surface area (TPSA) is 223 Å². The van der Waals surface area contributed by atoms with E-state index in [2.05, 4.69) is 10.4 Å². The summed E-state index contributed by atoms with van der Waals surface area (Å²) in [5.74, 6) is -3.68. The minimum absolute atomic E-state index is 0.114. The van der Waals surface area contributed by atoms with Crippen molar-refractivity contribution in [2.45, 2.75) is 123 Å². The van der Waals surface area contributed by atoms with Gasteiger partial charge in [0.2, 0.25) is 11.7 Å². The number of H-pyrrole nitrogens is 1. The number of carbonyl (C=O) groups is 4. The van der Waals surface area contributed by atoms with Gasteiger partial charge in [-0.1, -0.05) is 32.0 Å². The molecule has 0 bridgehead atoms. The molecule has 2 amide bonds. The van der Waals surface area contributed by atoms with Crippen molar-refractivity contribution >= 4 is 31.7 Å². The number of aromatic amines is 1.